The zero-order valence-electron chi connectivity index (χ0n) is 11.5. The Hall–Kier alpha value is -1.13. The molecule has 3 nitrogen and oxygen atoms in total. The van der Waals surface area contributed by atoms with Gasteiger partial charge in [0.2, 0.25) is 0 Å². The fraction of sp³-hybridized carbons (Fsp3) is 0.571. The Morgan fingerprint density at radius 1 is 1.28 bits per heavy atom. The van der Waals surface area contributed by atoms with Crippen molar-refractivity contribution in [2.75, 3.05) is 13.2 Å². The molecule has 1 rings (SSSR count). The topological polar surface area (TPSA) is 44.5 Å². The predicted molar refractivity (Wildman–Crippen MR) is 70.2 cm³/mol. The number of ether oxygens (including phenoxy) is 2. The van der Waals surface area contributed by atoms with E-state index in [1.807, 2.05) is 20.8 Å². The third-order valence-corrected chi connectivity index (χ3v) is 2.34. The second-order valence-corrected chi connectivity index (χ2v) is 5.28. The average Bonchev–Trinajstić information content (AvgIpc) is 2.24. The maximum Gasteiger partial charge on any atom is 0.124 e. The third kappa shape index (κ3) is 5.02. The van der Waals surface area contributed by atoms with Crippen LogP contribution in [0.2, 0.25) is 0 Å². The van der Waals surface area contributed by atoms with Crippen LogP contribution in [0.4, 0.5) is 4.39 Å². The van der Waals surface area contributed by atoms with Crippen molar-refractivity contribution in [1.29, 1.82) is 0 Å². The number of benzene rings is 1. The zero-order chi connectivity index (χ0) is 13.8. The van der Waals surface area contributed by atoms with Crippen LogP contribution in [0.1, 0.15) is 39.3 Å². The summed E-state index contributed by atoms with van der Waals surface area (Å²) in [6, 6.07) is 4.11. The SMILES string of the molecule is C[C@@H](N)c1cc(F)ccc1OCCOC(C)(C)C. The van der Waals surface area contributed by atoms with Gasteiger partial charge in [-0.25, -0.2) is 4.39 Å². The average molecular weight is 255 g/mol. The van der Waals surface area contributed by atoms with E-state index in [9.17, 15) is 4.39 Å². The highest BCUT2D eigenvalue weighted by Gasteiger charge is 2.11. The highest BCUT2D eigenvalue weighted by atomic mass is 19.1. The standard InChI is InChI=1S/C14H22FNO2/c1-10(16)12-9-11(15)5-6-13(12)17-7-8-18-14(2,3)4/h5-6,9-10H,7-8,16H2,1-4H3/t10-/m1/s1. The molecule has 0 fully saturated rings. The van der Waals surface area contributed by atoms with Gasteiger partial charge in [0.05, 0.1) is 12.2 Å². The van der Waals surface area contributed by atoms with Crippen LogP contribution in [-0.2, 0) is 4.74 Å². The van der Waals surface area contributed by atoms with E-state index in [0.29, 0.717) is 24.5 Å². The lowest BCUT2D eigenvalue weighted by Gasteiger charge is -2.20. The van der Waals surface area contributed by atoms with Gasteiger partial charge in [-0.2, -0.15) is 0 Å². The van der Waals surface area contributed by atoms with Crippen LogP contribution in [0.15, 0.2) is 18.2 Å². The van der Waals surface area contributed by atoms with Gasteiger partial charge in [-0.15, -0.1) is 0 Å². The molecule has 0 aromatic heterocycles. The molecule has 102 valence electrons. The first-order valence-corrected chi connectivity index (χ1v) is 6.11. The molecule has 0 aliphatic rings. The molecule has 0 aliphatic carbocycles. The molecule has 0 spiro atoms. The molecule has 1 atom stereocenters. The maximum atomic E-state index is 13.1. The molecule has 2 N–H and O–H groups in total. The Labute approximate surface area is 108 Å². The highest BCUT2D eigenvalue weighted by Crippen LogP contribution is 2.24. The van der Waals surface area contributed by atoms with Gasteiger partial charge in [0, 0.05) is 11.6 Å². The minimum absolute atomic E-state index is 0.184. The summed E-state index contributed by atoms with van der Waals surface area (Å²) < 4.78 is 24.2. The van der Waals surface area contributed by atoms with Crippen molar-refractivity contribution in [1.82, 2.24) is 0 Å². The minimum Gasteiger partial charge on any atom is -0.491 e. The Morgan fingerprint density at radius 3 is 2.50 bits per heavy atom. The van der Waals surface area contributed by atoms with Crippen molar-refractivity contribution in [3.8, 4) is 5.75 Å². The number of hydrogen-bond donors (Lipinski definition) is 1. The molecule has 1 aromatic rings. The van der Waals surface area contributed by atoms with Gasteiger partial charge < -0.3 is 15.2 Å². The van der Waals surface area contributed by atoms with E-state index < -0.39 is 0 Å². The molecule has 18 heavy (non-hydrogen) atoms. The van der Waals surface area contributed by atoms with Gasteiger partial charge in [-0.05, 0) is 45.9 Å². The van der Waals surface area contributed by atoms with Gasteiger partial charge >= 0.3 is 0 Å². The van der Waals surface area contributed by atoms with Crippen molar-refractivity contribution in [2.45, 2.75) is 39.3 Å². The van der Waals surface area contributed by atoms with Crippen molar-refractivity contribution >= 4 is 0 Å². The summed E-state index contributed by atoms with van der Waals surface area (Å²) >= 11 is 0. The molecule has 0 aliphatic heterocycles. The second-order valence-electron chi connectivity index (χ2n) is 5.28. The molecule has 0 unspecified atom stereocenters. The van der Waals surface area contributed by atoms with E-state index in [-0.39, 0.29) is 17.5 Å². The Balaban J connectivity index is 2.57. The van der Waals surface area contributed by atoms with Gasteiger partial charge in [0.25, 0.3) is 0 Å². The fourth-order valence-electron chi connectivity index (χ4n) is 1.51. The van der Waals surface area contributed by atoms with Crippen molar-refractivity contribution < 1.29 is 13.9 Å². The summed E-state index contributed by atoms with van der Waals surface area (Å²) in [5.41, 5.74) is 6.27. The molecular formula is C14H22FNO2. The van der Waals surface area contributed by atoms with Crippen LogP contribution < -0.4 is 10.5 Å². The van der Waals surface area contributed by atoms with Crippen LogP contribution in [0.5, 0.6) is 5.75 Å². The first-order valence-electron chi connectivity index (χ1n) is 6.11. The predicted octanol–water partition coefficient (Wildman–Crippen LogP) is 3.04. The van der Waals surface area contributed by atoms with E-state index in [0.717, 1.165) is 0 Å². The molecule has 0 saturated carbocycles. The summed E-state index contributed by atoms with van der Waals surface area (Å²) in [7, 11) is 0. The largest absolute Gasteiger partial charge is 0.491 e. The molecule has 0 saturated heterocycles. The molecule has 0 bridgehead atoms. The molecule has 0 amide bonds. The summed E-state index contributed by atoms with van der Waals surface area (Å²) in [4.78, 5) is 0. The van der Waals surface area contributed by atoms with E-state index in [1.165, 1.54) is 12.1 Å². The lowest BCUT2D eigenvalue weighted by atomic mass is 10.1. The summed E-state index contributed by atoms with van der Waals surface area (Å²) in [6.07, 6.45) is 0. The third-order valence-electron chi connectivity index (χ3n) is 2.34. The number of halogens is 1. The smallest absolute Gasteiger partial charge is 0.124 e. The van der Waals surface area contributed by atoms with E-state index in [1.54, 1.807) is 13.0 Å². The molecule has 4 heteroatoms. The van der Waals surface area contributed by atoms with E-state index >= 15 is 0 Å². The normalized spacial score (nSPS) is 13.4. The van der Waals surface area contributed by atoms with Gasteiger partial charge in [0.1, 0.15) is 18.2 Å². The zero-order valence-corrected chi connectivity index (χ0v) is 11.5. The lowest BCUT2D eigenvalue weighted by molar-refractivity contribution is -0.0164. The molecule has 1 aromatic carbocycles. The molecule has 0 heterocycles. The first-order chi connectivity index (χ1) is 8.29. The Kier molecular flexibility index (Phi) is 5.11. The maximum absolute atomic E-state index is 13.1. The Bertz CT molecular complexity index is 386. The second kappa shape index (κ2) is 6.16. The van der Waals surface area contributed by atoms with Crippen molar-refractivity contribution in [2.24, 2.45) is 5.73 Å². The highest BCUT2D eigenvalue weighted by molar-refractivity contribution is 5.36. The number of hydrogen-bond acceptors (Lipinski definition) is 3. The monoisotopic (exact) mass is 255 g/mol. The first kappa shape index (κ1) is 14.9. The van der Waals surface area contributed by atoms with E-state index in [4.69, 9.17) is 15.2 Å². The lowest BCUT2D eigenvalue weighted by Crippen LogP contribution is -2.22. The van der Waals surface area contributed by atoms with Gasteiger partial charge in [-0.1, -0.05) is 0 Å². The summed E-state index contributed by atoms with van der Waals surface area (Å²) in [5.74, 6) is 0.310. The van der Waals surface area contributed by atoms with Crippen LogP contribution in [0.3, 0.4) is 0 Å². The molecular weight excluding hydrogens is 233 g/mol. The van der Waals surface area contributed by atoms with Gasteiger partial charge in [0.15, 0.2) is 0 Å². The van der Waals surface area contributed by atoms with Crippen LogP contribution in [0, 0.1) is 5.82 Å². The fourth-order valence-corrected chi connectivity index (χ4v) is 1.51. The van der Waals surface area contributed by atoms with Gasteiger partial charge in [-0.3, -0.25) is 0 Å². The summed E-state index contributed by atoms with van der Waals surface area (Å²) in [6.45, 7) is 8.66. The van der Waals surface area contributed by atoms with Crippen LogP contribution in [0.25, 0.3) is 0 Å². The van der Waals surface area contributed by atoms with Crippen LogP contribution >= 0.6 is 0 Å². The van der Waals surface area contributed by atoms with E-state index in [2.05, 4.69) is 0 Å². The number of rotatable bonds is 5. The quantitative estimate of drug-likeness (QED) is 0.822. The van der Waals surface area contributed by atoms with Crippen molar-refractivity contribution in [3.63, 3.8) is 0 Å². The van der Waals surface area contributed by atoms with Crippen molar-refractivity contribution in [3.05, 3.63) is 29.6 Å². The minimum atomic E-state index is -0.305. The Morgan fingerprint density at radius 2 is 1.94 bits per heavy atom. The summed E-state index contributed by atoms with van der Waals surface area (Å²) in [5, 5.41) is 0. The van der Waals surface area contributed by atoms with Crippen LogP contribution in [-0.4, -0.2) is 18.8 Å². The number of nitrogens with two attached hydrogens (primary N) is 1. The molecule has 0 radical (unpaired) electrons.